The SMILES string of the molecule is C=CC(=O)OCC(CO)OC(=O)CCCCCCC. The number of aliphatic hydroxyl groups excluding tert-OH is 1. The van der Waals surface area contributed by atoms with Crippen LogP contribution >= 0.6 is 0 Å². The largest absolute Gasteiger partial charge is 0.458 e. The van der Waals surface area contributed by atoms with Crippen molar-refractivity contribution in [3.05, 3.63) is 12.7 Å². The summed E-state index contributed by atoms with van der Waals surface area (Å²) in [6, 6.07) is 0. The van der Waals surface area contributed by atoms with Gasteiger partial charge >= 0.3 is 11.9 Å². The molecule has 0 aromatic rings. The molecule has 0 aliphatic rings. The van der Waals surface area contributed by atoms with Crippen molar-refractivity contribution in [2.45, 2.75) is 51.6 Å². The van der Waals surface area contributed by atoms with Gasteiger partial charge in [-0.05, 0) is 6.42 Å². The van der Waals surface area contributed by atoms with Crippen molar-refractivity contribution in [1.82, 2.24) is 0 Å². The average molecular weight is 272 g/mol. The lowest BCUT2D eigenvalue weighted by molar-refractivity contribution is -0.159. The highest BCUT2D eigenvalue weighted by atomic mass is 16.6. The minimum Gasteiger partial charge on any atom is -0.458 e. The van der Waals surface area contributed by atoms with Crippen LogP contribution in [0.5, 0.6) is 0 Å². The van der Waals surface area contributed by atoms with Crippen molar-refractivity contribution in [1.29, 1.82) is 0 Å². The van der Waals surface area contributed by atoms with Gasteiger partial charge in [0.2, 0.25) is 0 Å². The molecular formula is C14H24O5. The van der Waals surface area contributed by atoms with E-state index in [0.29, 0.717) is 6.42 Å². The summed E-state index contributed by atoms with van der Waals surface area (Å²) in [7, 11) is 0. The van der Waals surface area contributed by atoms with Gasteiger partial charge in [-0.15, -0.1) is 0 Å². The van der Waals surface area contributed by atoms with Crippen LogP contribution in [0.2, 0.25) is 0 Å². The minimum atomic E-state index is -0.799. The summed E-state index contributed by atoms with van der Waals surface area (Å²) < 4.78 is 9.71. The van der Waals surface area contributed by atoms with E-state index in [4.69, 9.17) is 14.6 Å². The molecule has 0 radical (unpaired) electrons. The third-order valence-corrected chi connectivity index (χ3v) is 2.56. The smallest absolute Gasteiger partial charge is 0.330 e. The fraction of sp³-hybridized carbons (Fsp3) is 0.714. The first-order valence-corrected chi connectivity index (χ1v) is 6.73. The van der Waals surface area contributed by atoms with Crippen molar-refractivity contribution < 1.29 is 24.2 Å². The maximum atomic E-state index is 11.5. The lowest BCUT2D eigenvalue weighted by Crippen LogP contribution is -2.28. The predicted octanol–water partition coefficient (Wildman–Crippen LogP) is 1.98. The second-order valence-electron chi connectivity index (χ2n) is 4.29. The van der Waals surface area contributed by atoms with E-state index in [9.17, 15) is 9.59 Å². The van der Waals surface area contributed by atoms with Gasteiger partial charge in [0.1, 0.15) is 6.61 Å². The van der Waals surface area contributed by atoms with Gasteiger partial charge < -0.3 is 14.6 Å². The highest BCUT2D eigenvalue weighted by Gasteiger charge is 2.15. The Bertz CT molecular complexity index is 275. The molecule has 0 rings (SSSR count). The number of aliphatic hydroxyl groups is 1. The molecule has 1 atom stereocenters. The van der Waals surface area contributed by atoms with Crippen LogP contribution in [-0.2, 0) is 19.1 Å². The maximum absolute atomic E-state index is 11.5. The van der Waals surface area contributed by atoms with E-state index in [1.54, 1.807) is 0 Å². The van der Waals surface area contributed by atoms with Crippen LogP contribution in [0, 0.1) is 0 Å². The third kappa shape index (κ3) is 10.3. The zero-order valence-electron chi connectivity index (χ0n) is 11.6. The van der Waals surface area contributed by atoms with Crippen LogP contribution in [0.25, 0.3) is 0 Å². The molecule has 0 amide bonds. The molecule has 0 saturated heterocycles. The minimum absolute atomic E-state index is 0.150. The van der Waals surface area contributed by atoms with E-state index in [1.807, 2.05) is 0 Å². The number of rotatable bonds is 11. The van der Waals surface area contributed by atoms with E-state index in [0.717, 1.165) is 31.8 Å². The molecule has 0 aliphatic heterocycles. The monoisotopic (exact) mass is 272 g/mol. The lowest BCUT2D eigenvalue weighted by atomic mass is 10.1. The number of unbranched alkanes of at least 4 members (excludes halogenated alkanes) is 4. The van der Waals surface area contributed by atoms with Gasteiger partial charge in [-0.25, -0.2) is 4.79 Å². The zero-order valence-corrected chi connectivity index (χ0v) is 11.6. The molecule has 1 N–H and O–H groups in total. The van der Waals surface area contributed by atoms with Gasteiger partial charge in [-0.3, -0.25) is 4.79 Å². The van der Waals surface area contributed by atoms with Gasteiger partial charge in [-0.1, -0.05) is 39.2 Å². The fourth-order valence-corrected chi connectivity index (χ4v) is 1.48. The summed E-state index contributed by atoms with van der Waals surface area (Å²) in [5.74, 6) is -0.973. The number of ether oxygens (including phenoxy) is 2. The summed E-state index contributed by atoms with van der Waals surface area (Å²) in [5.41, 5.74) is 0. The van der Waals surface area contributed by atoms with Crippen LogP contribution in [0.15, 0.2) is 12.7 Å². The Labute approximate surface area is 114 Å². The first-order chi connectivity index (χ1) is 9.13. The Morgan fingerprint density at radius 1 is 1.26 bits per heavy atom. The van der Waals surface area contributed by atoms with Gasteiger partial charge in [0.05, 0.1) is 6.61 Å². The highest BCUT2D eigenvalue weighted by Crippen LogP contribution is 2.07. The van der Waals surface area contributed by atoms with Crippen molar-refractivity contribution in [3.63, 3.8) is 0 Å². The van der Waals surface area contributed by atoms with Crippen LogP contribution < -0.4 is 0 Å². The summed E-state index contributed by atoms with van der Waals surface area (Å²) >= 11 is 0. The van der Waals surface area contributed by atoms with E-state index in [1.165, 1.54) is 6.42 Å². The first-order valence-electron chi connectivity index (χ1n) is 6.73. The van der Waals surface area contributed by atoms with Crippen LogP contribution in [0.4, 0.5) is 0 Å². The fourth-order valence-electron chi connectivity index (χ4n) is 1.48. The number of hydrogen-bond donors (Lipinski definition) is 1. The zero-order chi connectivity index (χ0) is 14.5. The first kappa shape index (κ1) is 17.6. The molecule has 0 heterocycles. The molecule has 5 heteroatoms. The number of esters is 2. The molecule has 0 fully saturated rings. The Kier molecular flexibility index (Phi) is 10.9. The standard InChI is InChI=1S/C14H24O5/c1-3-5-6-7-8-9-14(17)19-12(10-15)11-18-13(16)4-2/h4,12,15H,2-3,5-11H2,1H3. The van der Waals surface area contributed by atoms with Crippen molar-refractivity contribution >= 4 is 11.9 Å². The quantitative estimate of drug-likeness (QED) is 0.354. The molecule has 0 saturated carbocycles. The number of hydrogen-bond acceptors (Lipinski definition) is 5. The maximum Gasteiger partial charge on any atom is 0.330 e. The molecule has 110 valence electrons. The van der Waals surface area contributed by atoms with Crippen LogP contribution in [0.3, 0.4) is 0 Å². The van der Waals surface area contributed by atoms with Gasteiger partial charge in [0.15, 0.2) is 6.10 Å². The molecule has 0 spiro atoms. The normalized spacial score (nSPS) is 11.7. The molecule has 0 aromatic heterocycles. The Morgan fingerprint density at radius 2 is 1.95 bits per heavy atom. The van der Waals surface area contributed by atoms with E-state index in [-0.39, 0.29) is 19.2 Å². The Balaban J connectivity index is 3.74. The van der Waals surface area contributed by atoms with Crippen molar-refractivity contribution in [2.24, 2.45) is 0 Å². The predicted molar refractivity (Wildman–Crippen MR) is 71.5 cm³/mol. The summed E-state index contributed by atoms with van der Waals surface area (Å²) in [6.45, 7) is 4.86. The van der Waals surface area contributed by atoms with Crippen LogP contribution in [-0.4, -0.2) is 36.4 Å². The number of carbonyl (C=O) groups excluding carboxylic acids is 2. The van der Waals surface area contributed by atoms with Crippen LogP contribution in [0.1, 0.15) is 45.4 Å². The summed E-state index contributed by atoms with van der Waals surface area (Å²) in [5, 5.41) is 9.01. The van der Waals surface area contributed by atoms with E-state index in [2.05, 4.69) is 13.5 Å². The Morgan fingerprint density at radius 3 is 2.53 bits per heavy atom. The molecular weight excluding hydrogens is 248 g/mol. The molecule has 1 unspecified atom stereocenters. The summed E-state index contributed by atoms with van der Waals surface area (Å²) in [6.07, 6.45) is 5.77. The average Bonchev–Trinajstić information content (AvgIpc) is 2.42. The van der Waals surface area contributed by atoms with Gasteiger partial charge in [-0.2, -0.15) is 0 Å². The van der Waals surface area contributed by atoms with Crippen molar-refractivity contribution in [2.75, 3.05) is 13.2 Å². The molecule has 0 aliphatic carbocycles. The Hall–Kier alpha value is -1.36. The second kappa shape index (κ2) is 11.7. The molecule has 0 bridgehead atoms. The number of carbonyl (C=O) groups is 2. The van der Waals surface area contributed by atoms with Gasteiger partial charge in [0.25, 0.3) is 0 Å². The molecule has 0 aromatic carbocycles. The van der Waals surface area contributed by atoms with Gasteiger partial charge in [0, 0.05) is 12.5 Å². The second-order valence-corrected chi connectivity index (χ2v) is 4.29. The summed E-state index contributed by atoms with van der Waals surface area (Å²) in [4.78, 5) is 22.3. The molecule has 5 nitrogen and oxygen atoms in total. The lowest BCUT2D eigenvalue weighted by Gasteiger charge is -2.15. The molecule has 19 heavy (non-hydrogen) atoms. The third-order valence-electron chi connectivity index (χ3n) is 2.56. The van der Waals surface area contributed by atoms with E-state index >= 15 is 0 Å². The van der Waals surface area contributed by atoms with Crippen molar-refractivity contribution in [3.8, 4) is 0 Å². The highest BCUT2D eigenvalue weighted by molar-refractivity contribution is 5.81. The topological polar surface area (TPSA) is 72.8 Å². The van der Waals surface area contributed by atoms with E-state index < -0.39 is 12.1 Å².